The number of carbonyl (C=O) groups is 1. The number of benzene rings is 1. The Hall–Kier alpha value is -1.75. The van der Waals surface area contributed by atoms with Crippen LogP contribution in [0.15, 0.2) is 24.3 Å². The Labute approximate surface area is 119 Å². The van der Waals surface area contributed by atoms with Crippen LogP contribution in [0, 0.1) is 11.8 Å². The Kier molecular flexibility index (Phi) is 6.87. The average molecular weight is 281 g/mol. The maximum absolute atomic E-state index is 10.7. The van der Waals surface area contributed by atoms with Gasteiger partial charge >= 0.3 is 5.97 Å². The molecule has 3 N–H and O–H groups in total. The van der Waals surface area contributed by atoms with Gasteiger partial charge in [0, 0.05) is 6.42 Å². The van der Waals surface area contributed by atoms with Crippen LogP contribution < -0.4 is 15.2 Å². The molecule has 5 nitrogen and oxygen atoms in total. The quantitative estimate of drug-likeness (QED) is 0.724. The highest BCUT2D eigenvalue weighted by atomic mass is 16.5. The normalized spacial score (nSPS) is 13.6. The van der Waals surface area contributed by atoms with Crippen LogP contribution in [0.3, 0.4) is 0 Å². The fourth-order valence-corrected chi connectivity index (χ4v) is 2.12. The molecule has 0 heterocycles. The monoisotopic (exact) mass is 281 g/mol. The molecule has 1 rings (SSSR count). The third-order valence-corrected chi connectivity index (χ3v) is 3.12. The first-order valence-corrected chi connectivity index (χ1v) is 6.74. The van der Waals surface area contributed by atoms with Gasteiger partial charge in [-0.15, -0.1) is 0 Å². The highest BCUT2D eigenvalue weighted by Gasteiger charge is 2.16. The molecule has 0 radical (unpaired) electrons. The fourth-order valence-electron chi connectivity index (χ4n) is 2.12. The lowest BCUT2D eigenvalue weighted by Crippen LogP contribution is -2.22. The summed E-state index contributed by atoms with van der Waals surface area (Å²) in [5, 5.41) is 8.80. The first-order valence-electron chi connectivity index (χ1n) is 6.74. The molecule has 2 atom stereocenters. The van der Waals surface area contributed by atoms with E-state index in [0.717, 1.165) is 6.42 Å². The van der Waals surface area contributed by atoms with Crippen LogP contribution >= 0.6 is 0 Å². The van der Waals surface area contributed by atoms with E-state index >= 15 is 0 Å². The number of nitrogens with two attached hydrogens (primary N) is 1. The maximum atomic E-state index is 10.7. The number of ether oxygens (including phenoxy) is 2. The second kappa shape index (κ2) is 8.43. The van der Waals surface area contributed by atoms with Crippen molar-refractivity contribution in [1.82, 2.24) is 0 Å². The van der Waals surface area contributed by atoms with Gasteiger partial charge in [-0.25, -0.2) is 0 Å². The van der Waals surface area contributed by atoms with Gasteiger partial charge in [-0.05, 0) is 36.9 Å². The second-order valence-electron chi connectivity index (χ2n) is 5.00. The molecule has 0 saturated carbocycles. The summed E-state index contributed by atoms with van der Waals surface area (Å²) in [6.45, 7) is 2.92. The number of aliphatic carboxylic acids is 1. The summed E-state index contributed by atoms with van der Waals surface area (Å²) in [4.78, 5) is 10.7. The summed E-state index contributed by atoms with van der Waals surface area (Å²) in [5.74, 6) is 0.805. The fraction of sp³-hybridized carbons (Fsp3) is 0.533. The Bertz CT molecular complexity index is 422. The summed E-state index contributed by atoms with van der Waals surface area (Å²) in [6, 6.07) is 7.46. The first kappa shape index (κ1) is 16.3. The van der Waals surface area contributed by atoms with Crippen LogP contribution in [0.2, 0.25) is 0 Å². The molecule has 112 valence electrons. The Morgan fingerprint density at radius 2 is 2.00 bits per heavy atom. The predicted molar refractivity (Wildman–Crippen MR) is 77.1 cm³/mol. The van der Waals surface area contributed by atoms with Crippen LogP contribution in [0.25, 0.3) is 0 Å². The van der Waals surface area contributed by atoms with E-state index in [1.54, 1.807) is 7.11 Å². The van der Waals surface area contributed by atoms with E-state index in [1.165, 1.54) is 0 Å². The van der Waals surface area contributed by atoms with Gasteiger partial charge < -0.3 is 20.3 Å². The van der Waals surface area contributed by atoms with E-state index in [2.05, 4.69) is 0 Å². The van der Waals surface area contributed by atoms with E-state index in [0.29, 0.717) is 24.7 Å². The summed E-state index contributed by atoms with van der Waals surface area (Å²) in [6.07, 6.45) is 0.841. The van der Waals surface area contributed by atoms with Crippen molar-refractivity contribution in [2.75, 3.05) is 20.3 Å². The van der Waals surface area contributed by atoms with Crippen molar-refractivity contribution in [3.8, 4) is 11.5 Å². The minimum absolute atomic E-state index is 0.0104. The Morgan fingerprint density at radius 1 is 1.35 bits per heavy atom. The molecule has 1 aromatic rings. The zero-order chi connectivity index (χ0) is 15.0. The van der Waals surface area contributed by atoms with Crippen molar-refractivity contribution in [3.63, 3.8) is 0 Å². The zero-order valence-corrected chi connectivity index (χ0v) is 12.0. The van der Waals surface area contributed by atoms with Crippen molar-refractivity contribution in [2.24, 2.45) is 17.6 Å². The van der Waals surface area contributed by atoms with Crippen molar-refractivity contribution >= 4 is 5.97 Å². The van der Waals surface area contributed by atoms with Gasteiger partial charge in [-0.2, -0.15) is 0 Å². The maximum Gasteiger partial charge on any atom is 0.303 e. The van der Waals surface area contributed by atoms with E-state index in [1.807, 2.05) is 31.2 Å². The molecular formula is C15H23NO4. The first-order chi connectivity index (χ1) is 9.56. The molecule has 5 heteroatoms. The molecular weight excluding hydrogens is 258 g/mol. The number of carboxylic acid groups (broad SMARTS) is 1. The molecule has 0 spiro atoms. The smallest absolute Gasteiger partial charge is 0.303 e. The third-order valence-electron chi connectivity index (χ3n) is 3.12. The van der Waals surface area contributed by atoms with Crippen LogP contribution in [0.4, 0.5) is 0 Å². The summed E-state index contributed by atoms with van der Waals surface area (Å²) < 4.78 is 10.9. The zero-order valence-electron chi connectivity index (χ0n) is 12.0. The Morgan fingerprint density at radius 3 is 2.55 bits per heavy atom. The molecule has 0 fully saturated rings. The number of rotatable bonds is 9. The summed E-state index contributed by atoms with van der Waals surface area (Å²) in [7, 11) is 1.60. The third kappa shape index (κ3) is 5.48. The topological polar surface area (TPSA) is 81.8 Å². The van der Waals surface area contributed by atoms with Crippen molar-refractivity contribution < 1.29 is 19.4 Å². The van der Waals surface area contributed by atoms with Crippen molar-refractivity contribution in [2.45, 2.75) is 19.8 Å². The lowest BCUT2D eigenvalue weighted by molar-refractivity contribution is -0.138. The molecule has 0 aromatic heterocycles. The molecule has 0 aliphatic heterocycles. The largest absolute Gasteiger partial charge is 0.493 e. The highest BCUT2D eigenvalue weighted by molar-refractivity contribution is 5.67. The van der Waals surface area contributed by atoms with Crippen molar-refractivity contribution in [1.29, 1.82) is 0 Å². The lowest BCUT2D eigenvalue weighted by atomic mass is 9.93. The van der Waals surface area contributed by atoms with Crippen LogP contribution in [0.1, 0.15) is 19.8 Å². The number of methoxy groups -OCH3 is 1. The SMILES string of the molecule is COc1ccccc1OC[C@@H](C)C[C@H](CN)CC(=O)O. The molecule has 20 heavy (non-hydrogen) atoms. The Balaban J connectivity index is 2.46. The highest BCUT2D eigenvalue weighted by Crippen LogP contribution is 2.27. The van der Waals surface area contributed by atoms with Gasteiger partial charge in [-0.3, -0.25) is 4.79 Å². The average Bonchev–Trinajstić information content (AvgIpc) is 2.44. The van der Waals surface area contributed by atoms with E-state index in [4.69, 9.17) is 20.3 Å². The van der Waals surface area contributed by atoms with Gasteiger partial charge in [0.05, 0.1) is 13.7 Å². The van der Waals surface area contributed by atoms with Crippen LogP contribution in [-0.2, 0) is 4.79 Å². The molecule has 0 unspecified atom stereocenters. The number of para-hydroxylation sites is 2. The minimum Gasteiger partial charge on any atom is -0.493 e. The number of hydrogen-bond acceptors (Lipinski definition) is 4. The minimum atomic E-state index is -0.807. The lowest BCUT2D eigenvalue weighted by Gasteiger charge is -2.19. The molecule has 0 saturated heterocycles. The molecule has 0 aliphatic carbocycles. The van der Waals surface area contributed by atoms with E-state index < -0.39 is 5.97 Å². The van der Waals surface area contributed by atoms with E-state index in [9.17, 15) is 4.79 Å². The predicted octanol–water partition coefficient (Wildman–Crippen LogP) is 2.15. The second-order valence-corrected chi connectivity index (χ2v) is 5.00. The van der Waals surface area contributed by atoms with Crippen LogP contribution in [-0.4, -0.2) is 31.3 Å². The molecule has 0 bridgehead atoms. The van der Waals surface area contributed by atoms with Crippen LogP contribution in [0.5, 0.6) is 11.5 Å². The summed E-state index contributed by atoms with van der Waals surface area (Å²) >= 11 is 0. The standard InChI is InChI=1S/C15H23NO4/c1-11(7-12(9-16)8-15(17)18)10-20-14-6-4-3-5-13(14)19-2/h3-6,11-12H,7-10,16H2,1-2H3,(H,17,18)/t11-,12-/m0/s1. The van der Waals surface area contributed by atoms with Gasteiger partial charge in [0.2, 0.25) is 0 Å². The van der Waals surface area contributed by atoms with Gasteiger partial charge in [-0.1, -0.05) is 19.1 Å². The van der Waals surface area contributed by atoms with Gasteiger partial charge in [0.25, 0.3) is 0 Å². The van der Waals surface area contributed by atoms with Crippen molar-refractivity contribution in [3.05, 3.63) is 24.3 Å². The molecule has 0 aliphatic rings. The molecule has 0 amide bonds. The summed E-state index contributed by atoms with van der Waals surface area (Å²) in [5.41, 5.74) is 5.60. The van der Waals surface area contributed by atoms with Gasteiger partial charge in [0.15, 0.2) is 11.5 Å². The number of hydrogen-bond donors (Lipinski definition) is 2. The van der Waals surface area contributed by atoms with Gasteiger partial charge in [0.1, 0.15) is 0 Å². The number of carboxylic acids is 1. The molecule has 1 aromatic carbocycles. The van der Waals surface area contributed by atoms with E-state index in [-0.39, 0.29) is 18.3 Å².